The summed E-state index contributed by atoms with van der Waals surface area (Å²) < 4.78 is 194. The first-order valence-corrected chi connectivity index (χ1v) is 24.4. The number of nitrogens with zero attached hydrogens (tertiary/aromatic N) is 1. The van der Waals surface area contributed by atoms with Gasteiger partial charge in [-0.05, 0) is 82.7 Å². The van der Waals surface area contributed by atoms with Gasteiger partial charge in [-0.15, -0.1) is 0 Å². The molecule has 2 aliphatic heterocycles. The summed E-state index contributed by atoms with van der Waals surface area (Å²) in [5.41, 5.74) is 0.999. The van der Waals surface area contributed by atoms with Crippen molar-refractivity contribution < 1.29 is 89.3 Å². The van der Waals surface area contributed by atoms with Gasteiger partial charge in [0.05, 0.1) is 37.3 Å². The molecule has 2 aliphatic rings. The monoisotopic (exact) mass is 977 g/mol. The number of carbonyl (C=O) groups is 1. The summed E-state index contributed by atoms with van der Waals surface area (Å²) in [6.45, 7) is 4.39. The van der Waals surface area contributed by atoms with Gasteiger partial charge >= 0.3 is 5.97 Å². The fraction of sp³-hybridized carbons (Fsp3) is 0.429. The lowest BCUT2D eigenvalue weighted by atomic mass is 9.75. The van der Waals surface area contributed by atoms with Gasteiger partial charge in [0.25, 0.3) is 0 Å². The van der Waals surface area contributed by atoms with E-state index in [1.165, 1.54) is 44.6 Å². The molecule has 15 nitrogen and oxygen atoms in total. The lowest BCUT2D eigenvalue weighted by molar-refractivity contribution is -0.789. The fourth-order valence-corrected chi connectivity index (χ4v) is 9.94. The first-order valence-electron chi connectivity index (χ1n) is 20.0. The number of fused-ring (bicyclic) bond motifs is 2. The van der Waals surface area contributed by atoms with Crippen molar-refractivity contribution in [2.24, 2.45) is 0 Å². The number of rotatable bonds is 21. The molecule has 0 bridgehead atoms. The standard InChI is InChI=1S/C42H47F5N2O13S3/c1-41(17-9-23-63(51,52)53)28-24-26(64(54,55)56)14-16-31(28)49(20-22-61-4)32(41)10-8-11-33-42(2,18-21-60-3)29-25-27(65(57,58)59)13-15-30(29)48(33)19-7-5-6-12-34(50)62-40-38(46)36(44)35(43)37(45)39(40)47/h8,10-11,13-16,24-25H,5-7,9,12,17-23H2,1-4H3,(H2-,51,52,53,54,55,56,57,58,59)/p-1. The van der Waals surface area contributed by atoms with E-state index in [1.807, 2.05) is 11.5 Å². The van der Waals surface area contributed by atoms with Crippen LogP contribution in [0.5, 0.6) is 5.75 Å². The molecule has 0 amide bonds. The smallest absolute Gasteiger partial charge is 0.311 e. The van der Waals surface area contributed by atoms with Gasteiger partial charge in [-0.1, -0.05) is 6.08 Å². The van der Waals surface area contributed by atoms with E-state index in [0.717, 1.165) is 6.07 Å². The molecule has 0 aliphatic carbocycles. The molecule has 3 aromatic rings. The number of esters is 1. The Balaban J connectivity index is 1.53. The largest absolute Gasteiger partial charge is 0.748 e. The van der Waals surface area contributed by atoms with E-state index in [-0.39, 0.29) is 58.4 Å². The summed E-state index contributed by atoms with van der Waals surface area (Å²) in [5.74, 6) is -15.3. The lowest BCUT2D eigenvalue weighted by Crippen LogP contribution is -3.04. The Kier molecular flexibility index (Phi) is 16.0. The molecule has 3 unspecified atom stereocenters. The van der Waals surface area contributed by atoms with Crippen LogP contribution in [0.2, 0.25) is 0 Å². The highest BCUT2D eigenvalue weighted by molar-refractivity contribution is 7.86. The van der Waals surface area contributed by atoms with Crippen molar-refractivity contribution in [1.82, 2.24) is 0 Å². The molecular weight excluding hydrogens is 932 g/mol. The topological polar surface area (TPSA) is 224 Å². The van der Waals surface area contributed by atoms with Crippen LogP contribution >= 0.6 is 0 Å². The molecule has 356 valence electrons. The van der Waals surface area contributed by atoms with Crippen LogP contribution in [-0.4, -0.2) is 101 Å². The predicted molar refractivity (Wildman–Crippen MR) is 219 cm³/mol. The highest BCUT2D eigenvalue weighted by atomic mass is 32.2. The molecule has 2 heterocycles. The minimum absolute atomic E-state index is 0.0273. The van der Waals surface area contributed by atoms with Crippen LogP contribution in [0.4, 0.5) is 33.3 Å². The number of hydrogen-bond acceptors (Lipinski definition) is 13. The van der Waals surface area contributed by atoms with Crippen molar-refractivity contribution in [3.05, 3.63) is 101 Å². The number of carbonyl (C=O) groups excluding carboxylic acids is 1. The number of unbranched alkanes of at least 4 members (excludes halogenated alkanes) is 2. The maximum absolute atomic E-state index is 14.1. The third-order valence-corrected chi connectivity index (χ3v) is 14.2. The van der Waals surface area contributed by atoms with Gasteiger partial charge < -0.3 is 27.9 Å². The molecule has 0 saturated carbocycles. The van der Waals surface area contributed by atoms with Gasteiger partial charge in [0.1, 0.15) is 38.2 Å². The van der Waals surface area contributed by atoms with Crippen LogP contribution in [-0.2, 0) is 55.5 Å². The van der Waals surface area contributed by atoms with E-state index in [2.05, 4.69) is 4.74 Å². The van der Waals surface area contributed by atoms with Gasteiger partial charge in [0, 0.05) is 62.3 Å². The number of allylic oxidation sites excluding steroid dienone is 4. The Bertz CT molecular complexity index is 2760. The molecule has 0 saturated heterocycles. The molecule has 3 aromatic carbocycles. The average Bonchev–Trinajstić information content (AvgIpc) is 3.60. The number of methoxy groups -OCH3 is 2. The normalized spacial score (nSPS) is 20.6. The Labute approximate surface area is 373 Å². The summed E-state index contributed by atoms with van der Waals surface area (Å²) in [6.07, 6.45) is 5.54. The van der Waals surface area contributed by atoms with Crippen molar-refractivity contribution in [2.75, 3.05) is 46.3 Å². The second-order valence-electron chi connectivity index (χ2n) is 15.9. The van der Waals surface area contributed by atoms with Crippen molar-refractivity contribution in [3.8, 4) is 5.75 Å². The van der Waals surface area contributed by atoms with E-state index in [9.17, 15) is 65.7 Å². The second-order valence-corrected chi connectivity index (χ2v) is 20.2. The van der Waals surface area contributed by atoms with E-state index in [4.69, 9.17) is 9.47 Å². The molecule has 5 rings (SSSR count). The van der Waals surface area contributed by atoms with Gasteiger partial charge in [-0.25, -0.2) is 38.4 Å². The molecule has 3 atom stereocenters. The van der Waals surface area contributed by atoms with Crippen molar-refractivity contribution >= 4 is 53.4 Å². The third-order valence-electron chi connectivity index (χ3n) is 11.7. The Morgan fingerprint density at radius 1 is 0.738 bits per heavy atom. The van der Waals surface area contributed by atoms with E-state index in [1.54, 1.807) is 25.2 Å². The molecule has 0 radical (unpaired) electrons. The minimum atomic E-state index is -4.93. The quantitative estimate of drug-likeness (QED) is 0.0225. The Morgan fingerprint density at radius 3 is 1.91 bits per heavy atom. The molecule has 65 heavy (non-hydrogen) atoms. The molecule has 1 N–H and O–H groups in total. The average molecular weight is 978 g/mol. The van der Waals surface area contributed by atoms with Crippen LogP contribution in [0.3, 0.4) is 0 Å². The predicted octanol–water partition coefficient (Wildman–Crippen LogP) is 4.65. The SMILES string of the molecule is COCC[N+]1=C(/C=C/C=C2/[NH+](CCCCCC(=O)Oc3c(F)c(F)c(F)c(F)c3F)c3ccc(S(=O)(=O)[O-])cc3C2(C)CCOC)C(C)(CCCS(=O)(=O)[O-])c2cc(S(=O)(=O)[O-])ccc21. The lowest BCUT2D eigenvalue weighted by Gasteiger charge is -2.26. The highest BCUT2D eigenvalue weighted by Gasteiger charge is 2.50. The van der Waals surface area contributed by atoms with Gasteiger partial charge in [-0.3, -0.25) is 9.69 Å². The minimum Gasteiger partial charge on any atom is -0.748 e. The molecule has 0 spiro atoms. The number of halogens is 5. The van der Waals surface area contributed by atoms with Gasteiger partial charge in [-0.2, -0.15) is 13.4 Å². The molecule has 0 fully saturated rings. The maximum atomic E-state index is 14.1. The summed E-state index contributed by atoms with van der Waals surface area (Å²) in [4.78, 5) is 12.2. The van der Waals surface area contributed by atoms with Crippen LogP contribution in [0.1, 0.15) is 69.9 Å². The summed E-state index contributed by atoms with van der Waals surface area (Å²) in [5, 5.41) is 0. The summed E-state index contributed by atoms with van der Waals surface area (Å²) >= 11 is 0. The summed E-state index contributed by atoms with van der Waals surface area (Å²) in [7, 11) is -11.6. The van der Waals surface area contributed by atoms with Crippen LogP contribution in [0.15, 0.2) is 70.1 Å². The highest BCUT2D eigenvalue weighted by Crippen LogP contribution is 2.45. The number of benzene rings is 3. The van der Waals surface area contributed by atoms with Crippen molar-refractivity contribution in [1.29, 1.82) is 0 Å². The zero-order valence-electron chi connectivity index (χ0n) is 35.6. The molecule has 0 aromatic heterocycles. The zero-order chi connectivity index (χ0) is 48.3. The number of nitrogens with one attached hydrogen (secondary N) is 1. The van der Waals surface area contributed by atoms with Crippen molar-refractivity contribution in [3.63, 3.8) is 0 Å². The van der Waals surface area contributed by atoms with Crippen LogP contribution in [0, 0.1) is 29.1 Å². The summed E-state index contributed by atoms with van der Waals surface area (Å²) in [6, 6.07) is 7.82. The number of hydrogen-bond donors (Lipinski definition) is 1. The van der Waals surface area contributed by atoms with E-state index < -0.39 is 104 Å². The van der Waals surface area contributed by atoms with E-state index >= 15 is 0 Å². The third kappa shape index (κ3) is 11.2. The van der Waals surface area contributed by atoms with Crippen molar-refractivity contribution in [2.45, 2.75) is 79.4 Å². The molecule has 23 heteroatoms. The Morgan fingerprint density at radius 2 is 1.32 bits per heavy atom. The number of ether oxygens (including phenoxy) is 3. The van der Waals surface area contributed by atoms with Gasteiger partial charge in [0.15, 0.2) is 12.3 Å². The fourth-order valence-electron chi connectivity index (χ4n) is 8.45. The van der Waals surface area contributed by atoms with Crippen LogP contribution in [0.25, 0.3) is 0 Å². The first-order chi connectivity index (χ1) is 30.3. The first kappa shape index (κ1) is 51.5. The maximum Gasteiger partial charge on any atom is 0.311 e. The Hall–Kier alpha value is -4.46. The van der Waals surface area contributed by atoms with Crippen LogP contribution < -0.4 is 9.64 Å². The van der Waals surface area contributed by atoms with E-state index in [0.29, 0.717) is 45.2 Å². The second kappa shape index (κ2) is 20.2. The van der Waals surface area contributed by atoms with Gasteiger partial charge in [0.2, 0.25) is 40.5 Å². The molecular formula is C42H46F5N2O13S3-. The zero-order valence-corrected chi connectivity index (χ0v) is 38.0. The number of quaternary nitrogens is 1.